The summed E-state index contributed by atoms with van der Waals surface area (Å²) < 4.78 is 11.0. The molecule has 0 unspecified atom stereocenters. The number of para-hydroxylation sites is 1. The zero-order valence-electron chi connectivity index (χ0n) is 14.9. The fourth-order valence-corrected chi connectivity index (χ4v) is 2.48. The van der Waals surface area contributed by atoms with Crippen molar-refractivity contribution < 1.29 is 14.3 Å². The SMILES string of the molecule is C=C(C)C(=O)OCCCCCCOc1ccccc1-c1ccccc1. The normalized spacial score (nSPS) is 10.3. The Morgan fingerprint density at radius 2 is 1.52 bits per heavy atom. The minimum atomic E-state index is -0.305. The van der Waals surface area contributed by atoms with Gasteiger partial charge in [0.15, 0.2) is 0 Å². The topological polar surface area (TPSA) is 35.5 Å². The van der Waals surface area contributed by atoms with Gasteiger partial charge in [-0.3, -0.25) is 0 Å². The van der Waals surface area contributed by atoms with Crippen LogP contribution in [-0.2, 0) is 9.53 Å². The molecule has 0 fully saturated rings. The lowest BCUT2D eigenvalue weighted by Crippen LogP contribution is -2.06. The Bertz CT molecular complexity index is 677. The highest BCUT2D eigenvalue weighted by Gasteiger charge is 2.05. The molecule has 0 saturated heterocycles. The van der Waals surface area contributed by atoms with Crippen LogP contribution in [0, 0.1) is 0 Å². The van der Waals surface area contributed by atoms with Crippen LogP contribution in [0.4, 0.5) is 0 Å². The van der Waals surface area contributed by atoms with Crippen LogP contribution in [-0.4, -0.2) is 19.2 Å². The average Bonchev–Trinajstić information content (AvgIpc) is 2.64. The maximum Gasteiger partial charge on any atom is 0.333 e. The summed E-state index contributed by atoms with van der Waals surface area (Å²) in [6.07, 6.45) is 3.93. The molecule has 0 heterocycles. The number of carbonyl (C=O) groups is 1. The molecule has 0 bridgehead atoms. The van der Waals surface area contributed by atoms with Gasteiger partial charge in [-0.1, -0.05) is 55.1 Å². The zero-order chi connectivity index (χ0) is 17.9. The van der Waals surface area contributed by atoms with Crippen LogP contribution in [0.25, 0.3) is 11.1 Å². The van der Waals surface area contributed by atoms with Gasteiger partial charge in [0.1, 0.15) is 5.75 Å². The van der Waals surface area contributed by atoms with E-state index >= 15 is 0 Å². The summed E-state index contributed by atoms with van der Waals surface area (Å²) in [5.74, 6) is 0.616. The third kappa shape index (κ3) is 6.46. The highest BCUT2D eigenvalue weighted by Crippen LogP contribution is 2.29. The fourth-order valence-electron chi connectivity index (χ4n) is 2.48. The Morgan fingerprint density at radius 3 is 2.24 bits per heavy atom. The zero-order valence-corrected chi connectivity index (χ0v) is 14.9. The van der Waals surface area contributed by atoms with E-state index in [4.69, 9.17) is 9.47 Å². The van der Waals surface area contributed by atoms with Gasteiger partial charge < -0.3 is 9.47 Å². The minimum absolute atomic E-state index is 0.305. The number of benzene rings is 2. The predicted octanol–water partition coefficient (Wildman–Crippen LogP) is 5.41. The van der Waals surface area contributed by atoms with Crippen LogP contribution in [0.3, 0.4) is 0 Å². The molecular formula is C22H26O3. The van der Waals surface area contributed by atoms with Gasteiger partial charge >= 0.3 is 5.97 Å². The van der Waals surface area contributed by atoms with Gasteiger partial charge in [-0.05, 0) is 44.2 Å². The lowest BCUT2D eigenvalue weighted by Gasteiger charge is -2.11. The highest BCUT2D eigenvalue weighted by molar-refractivity contribution is 5.86. The van der Waals surface area contributed by atoms with E-state index in [9.17, 15) is 4.79 Å². The van der Waals surface area contributed by atoms with E-state index in [0.29, 0.717) is 18.8 Å². The monoisotopic (exact) mass is 338 g/mol. The van der Waals surface area contributed by atoms with Gasteiger partial charge in [0.2, 0.25) is 0 Å². The van der Waals surface area contributed by atoms with Crippen molar-refractivity contribution in [1.82, 2.24) is 0 Å². The number of esters is 1. The van der Waals surface area contributed by atoms with Gasteiger partial charge in [-0.25, -0.2) is 4.79 Å². The first-order valence-electron chi connectivity index (χ1n) is 8.78. The Kier molecular flexibility index (Phi) is 7.77. The Morgan fingerprint density at radius 1 is 0.880 bits per heavy atom. The lowest BCUT2D eigenvalue weighted by atomic mass is 10.1. The van der Waals surface area contributed by atoms with Gasteiger partial charge in [0, 0.05) is 11.1 Å². The summed E-state index contributed by atoms with van der Waals surface area (Å²) in [7, 11) is 0. The fraction of sp³-hybridized carbons (Fsp3) is 0.318. The summed E-state index contributed by atoms with van der Waals surface area (Å²) in [6.45, 7) is 6.37. The van der Waals surface area contributed by atoms with E-state index < -0.39 is 0 Å². The molecular weight excluding hydrogens is 312 g/mol. The quantitative estimate of drug-likeness (QED) is 0.330. The van der Waals surface area contributed by atoms with Gasteiger partial charge in [0.05, 0.1) is 13.2 Å². The number of carbonyl (C=O) groups excluding carboxylic acids is 1. The third-order valence-electron chi connectivity index (χ3n) is 3.85. The maximum absolute atomic E-state index is 11.2. The second kappa shape index (κ2) is 10.3. The summed E-state index contributed by atoms with van der Waals surface area (Å²) in [6, 6.07) is 18.4. The molecule has 0 spiro atoms. The first kappa shape index (κ1) is 18.8. The van der Waals surface area contributed by atoms with Gasteiger partial charge in [-0.15, -0.1) is 0 Å². The molecule has 0 amide bonds. The van der Waals surface area contributed by atoms with Crippen molar-refractivity contribution in [3.63, 3.8) is 0 Å². The van der Waals surface area contributed by atoms with Crippen molar-refractivity contribution in [3.8, 4) is 16.9 Å². The molecule has 25 heavy (non-hydrogen) atoms. The van der Waals surface area contributed by atoms with E-state index in [1.54, 1.807) is 6.92 Å². The first-order valence-corrected chi connectivity index (χ1v) is 8.78. The van der Waals surface area contributed by atoms with Crippen LogP contribution in [0.5, 0.6) is 5.75 Å². The minimum Gasteiger partial charge on any atom is -0.493 e. The molecule has 0 aromatic heterocycles. The van der Waals surface area contributed by atoms with Crippen LogP contribution in [0.1, 0.15) is 32.6 Å². The van der Waals surface area contributed by atoms with Crippen molar-refractivity contribution in [2.75, 3.05) is 13.2 Å². The molecule has 0 saturated carbocycles. The number of hydrogen-bond acceptors (Lipinski definition) is 3. The van der Waals surface area contributed by atoms with Crippen molar-refractivity contribution in [2.24, 2.45) is 0 Å². The van der Waals surface area contributed by atoms with Crippen molar-refractivity contribution in [1.29, 1.82) is 0 Å². The second-order valence-corrected chi connectivity index (χ2v) is 6.04. The second-order valence-electron chi connectivity index (χ2n) is 6.04. The average molecular weight is 338 g/mol. The van der Waals surface area contributed by atoms with Crippen molar-refractivity contribution in [2.45, 2.75) is 32.6 Å². The molecule has 0 radical (unpaired) electrons. The summed E-state index contributed by atoms with van der Waals surface area (Å²) in [5.41, 5.74) is 2.73. The van der Waals surface area contributed by atoms with E-state index in [1.807, 2.05) is 36.4 Å². The molecule has 0 N–H and O–H groups in total. The molecule has 2 aromatic carbocycles. The first-order chi connectivity index (χ1) is 12.2. The van der Waals surface area contributed by atoms with Crippen molar-refractivity contribution >= 4 is 5.97 Å². The van der Waals surface area contributed by atoms with Gasteiger partial charge in [0.25, 0.3) is 0 Å². The number of unbranched alkanes of at least 4 members (excludes halogenated alkanes) is 3. The third-order valence-corrected chi connectivity index (χ3v) is 3.85. The molecule has 2 rings (SSSR count). The van der Waals surface area contributed by atoms with E-state index in [1.165, 1.54) is 0 Å². The maximum atomic E-state index is 11.2. The van der Waals surface area contributed by atoms with Crippen LogP contribution >= 0.6 is 0 Å². The van der Waals surface area contributed by atoms with Crippen molar-refractivity contribution in [3.05, 3.63) is 66.7 Å². The molecule has 0 aliphatic carbocycles. The predicted molar refractivity (Wildman–Crippen MR) is 102 cm³/mol. The van der Waals surface area contributed by atoms with E-state index in [-0.39, 0.29) is 5.97 Å². The number of hydrogen-bond donors (Lipinski definition) is 0. The van der Waals surface area contributed by atoms with E-state index in [0.717, 1.165) is 42.6 Å². The number of rotatable bonds is 10. The van der Waals surface area contributed by atoms with Crippen LogP contribution in [0.15, 0.2) is 66.7 Å². The van der Waals surface area contributed by atoms with Gasteiger partial charge in [-0.2, -0.15) is 0 Å². The molecule has 132 valence electrons. The Balaban J connectivity index is 1.68. The molecule has 0 aliphatic heterocycles. The largest absolute Gasteiger partial charge is 0.493 e. The molecule has 0 atom stereocenters. The molecule has 3 nitrogen and oxygen atoms in total. The molecule has 3 heteroatoms. The summed E-state index contributed by atoms with van der Waals surface area (Å²) in [5, 5.41) is 0. The van der Waals surface area contributed by atoms with Crippen LogP contribution in [0.2, 0.25) is 0 Å². The summed E-state index contributed by atoms with van der Waals surface area (Å²) in [4.78, 5) is 11.2. The number of ether oxygens (including phenoxy) is 2. The lowest BCUT2D eigenvalue weighted by molar-refractivity contribution is -0.139. The molecule has 0 aliphatic rings. The highest BCUT2D eigenvalue weighted by atomic mass is 16.5. The summed E-state index contributed by atoms with van der Waals surface area (Å²) >= 11 is 0. The standard InChI is InChI=1S/C22H26O3/c1-18(2)22(23)25-17-11-4-3-10-16-24-21-15-9-8-14-20(21)19-12-6-5-7-13-19/h5-9,12-15H,1,3-4,10-11,16-17H2,2H3. The smallest absolute Gasteiger partial charge is 0.333 e. The Hall–Kier alpha value is -2.55. The van der Waals surface area contributed by atoms with Crippen LogP contribution < -0.4 is 4.74 Å². The molecule has 2 aromatic rings. The van der Waals surface area contributed by atoms with E-state index in [2.05, 4.69) is 24.8 Å². The Labute approximate surface area is 150 Å².